The first-order valence-corrected chi connectivity index (χ1v) is 7.84. The van der Waals surface area contributed by atoms with Crippen LogP contribution in [0.25, 0.3) is 0 Å². The molecule has 6 heteroatoms. The molecule has 1 amide bonds. The fourth-order valence-corrected chi connectivity index (χ4v) is 3.61. The molecule has 1 aliphatic heterocycles. The molecule has 6 nitrogen and oxygen atoms in total. The van der Waals surface area contributed by atoms with Gasteiger partial charge in [-0.25, -0.2) is 0 Å². The van der Waals surface area contributed by atoms with Crippen LogP contribution in [0.3, 0.4) is 0 Å². The number of nitrogens with zero attached hydrogens (tertiary/aromatic N) is 1. The molecule has 0 radical (unpaired) electrons. The Morgan fingerprint density at radius 2 is 1.71 bits per heavy atom. The van der Waals surface area contributed by atoms with Gasteiger partial charge in [-0.1, -0.05) is 0 Å². The summed E-state index contributed by atoms with van der Waals surface area (Å²) >= 11 is 0. The number of piperidine rings is 1. The summed E-state index contributed by atoms with van der Waals surface area (Å²) in [7, 11) is 0. The maximum absolute atomic E-state index is 10.9. The molecule has 0 bridgehead atoms. The maximum Gasteiger partial charge on any atom is 0.306 e. The van der Waals surface area contributed by atoms with Crippen LogP contribution in [0.1, 0.15) is 44.9 Å². The van der Waals surface area contributed by atoms with Gasteiger partial charge in [-0.2, -0.15) is 0 Å². The van der Waals surface area contributed by atoms with Gasteiger partial charge in [0.1, 0.15) is 0 Å². The van der Waals surface area contributed by atoms with Gasteiger partial charge in [0.05, 0.1) is 11.5 Å². The number of amides is 1. The van der Waals surface area contributed by atoms with Gasteiger partial charge in [0.25, 0.3) is 0 Å². The lowest BCUT2D eigenvalue weighted by atomic mass is 9.78. The van der Waals surface area contributed by atoms with Gasteiger partial charge in [-0.05, 0) is 57.5 Å². The minimum absolute atomic E-state index is 0.237. The van der Waals surface area contributed by atoms with E-state index in [1.165, 1.54) is 0 Å². The Hall–Kier alpha value is -1.14. The standard InChI is InChI=1S/C15H26N2O4/c16-13(18)9-11-3-7-17(8-4-11)10-15(21)5-1-12(2-6-15)14(19)20/h11-12,21H,1-10H2,(H2,16,18)(H,19,20). The number of likely N-dealkylation sites (tertiary alicyclic amines) is 1. The number of carbonyl (C=O) groups excluding carboxylic acids is 1. The van der Waals surface area contributed by atoms with Crippen molar-refractivity contribution < 1.29 is 19.8 Å². The highest BCUT2D eigenvalue weighted by Crippen LogP contribution is 2.33. The lowest BCUT2D eigenvalue weighted by Crippen LogP contribution is -2.48. The molecule has 4 N–H and O–H groups in total. The second kappa shape index (κ2) is 6.75. The minimum Gasteiger partial charge on any atom is -0.481 e. The molecule has 0 atom stereocenters. The van der Waals surface area contributed by atoms with Crippen molar-refractivity contribution in [1.82, 2.24) is 4.90 Å². The molecule has 1 saturated heterocycles. The molecule has 1 heterocycles. The Balaban J connectivity index is 1.75. The lowest BCUT2D eigenvalue weighted by Gasteiger charge is -2.41. The SMILES string of the molecule is NC(=O)CC1CCN(CC2(O)CCC(C(=O)O)CC2)CC1. The van der Waals surface area contributed by atoms with Crippen LogP contribution in [0, 0.1) is 11.8 Å². The van der Waals surface area contributed by atoms with Gasteiger partial charge < -0.3 is 20.8 Å². The van der Waals surface area contributed by atoms with Crippen molar-refractivity contribution in [3.63, 3.8) is 0 Å². The monoisotopic (exact) mass is 298 g/mol. The van der Waals surface area contributed by atoms with E-state index in [-0.39, 0.29) is 11.8 Å². The number of hydrogen-bond donors (Lipinski definition) is 3. The molecular formula is C15H26N2O4. The summed E-state index contributed by atoms with van der Waals surface area (Å²) in [5.74, 6) is -0.911. The van der Waals surface area contributed by atoms with E-state index in [2.05, 4.69) is 4.90 Å². The number of hydrogen-bond acceptors (Lipinski definition) is 4. The largest absolute Gasteiger partial charge is 0.481 e. The van der Waals surface area contributed by atoms with E-state index in [0.717, 1.165) is 25.9 Å². The van der Waals surface area contributed by atoms with Gasteiger partial charge in [-0.15, -0.1) is 0 Å². The van der Waals surface area contributed by atoms with Crippen molar-refractivity contribution in [3.05, 3.63) is 0 Å². The summed E-state index contributed by atoms with van der Waals surface area (Å²) < 4.78 is 0. The number of primary amides is 1. The van der Waals surface area contributed by atoms with Crippen LogP contribution in [-0.4, -0.2) is 52.2 Å². The highest BCUT2D eigenvalue weighted by Gasteiger charge is 2.37. The number of aliphatic carboxylic acids is 1. The summed E-state index contributed by atoms with van der Waals surface area (Å²) in [4.78, 5) is 24.1. The number of carboxylic acid groups (broad SMARTS) is 1. The van der Waals surface area contributed by atoms with Crippen LogP contribution in [-0.2, 0) is 9.59 Å². The van der Waals surface area contributed by atoms with E-state index in [1.807, 2.05) is 0 Å². The zero-order valence-electron chi connectivity index (χ0n) is 12.5. The summed E-state index contributed by atoms with van der Waals surface area (Å²) in [6.45, 7) is 2.37. The highest BCUT2D eigenvalue weighted by atomic mass is 16.4. The second-order valence-corrected chi connectivity index (χ2v) is 6.73. The van der Waals surface area contributed by atoms with Crippen LogP contribution >= 0.6 is 0 Å². The van der Waals surface area contributed by atoms with Crippen LogP contribution in [0.5, 0.6) is 0 Å². The molecule has 0 aromatic carbocycles. The number of carbonyl (C=O) groups is 2. The minimum atomic E-state index is -0.748. The molecule has 0 spiro atoms. The van der Waals surface area contributed by atoms with Gasteiger partial charge >= 0.3 is 5.97 Å². The Bertz CT molecular complexity index is 383. The van der Waals surface area contributed by atoms with Crippen molar-refractivity contribution >= 4 is 11.9 Å². The van der Waals surface area contributed by atoms with E-state index in [1.54, 1.807) is 0 Å². The van der Waals surface area contributed by atoms with Crippen molar-refractivity contribution in [1.29, 1.82) is 0 Å². The maximum atomic E-state index is 10.9. The van der Waals surface area contributed by atoms with Gasteiger partial charge in [0, 0.05) is 13.0 Å². The third kappa shape index (κ3) is 4.68. The Morgan fingerprint density at radius 1 is 1.14 bits per heavy atom. The van der Waals surface area contributed by atoms with Crippen LogP contribution in [0.2, 0.25) is 0 Å². The van der Waals surface area contributed by atoms with Crippen LogP contribution in [0.4, 0.5) is 0 Å². The predicted octanol–water partition coefficient (Wildman–Crippen LogP) is 0.580. The fourth-order valence-electron chi connectivity index (χ4n) is 3.61. The molecule has 2 rings (SSSR count). The number of rotatable bonds is 5. The Kier molecular flexibility index (Phi) is 5.22. The molecule has 2 aliphatic rings. The van der Waals surface area contributed by atoms with E-state index in [4.69, 9.17) is 10.8 Å². The molecule has 1 saturated carbocycles. The van der Waals surface area contributed by atoms with E-state index in [9.17, 15) is 14.7 Å². The average Bonchev–Trinajstić information content (AvgIpc) is 2.40. The number of carboxylic acids is 1. The number of nitrogens with two attached hydrogens (primary N) is 1. The summed E-state index contributed by atoms with van der Waals surface area (Å²) in [6, 6.07) is 0. The molecule has 1 aliphatic carbocycles. The molecule has 2 fully saturated rings. The summed E-state index contributed by atoms with van der Waals surface area (Å²) in [5.41, 5.74) is 4.48. The molecule has 120 valence electrons. The summed E-state index contributed by atoms with van der Waals surface area (Å²) in [5, 5.41) is 19.6. The van der Waals surface area contributed by atoms with Crippen LogP contribution in [0.15, 0.2) is 0 Å². The highest BCUT2D eigenvalue weighted by molar-refractivity contribution is 5.74. The third-order valence-corrected chi connectivity index (χ3v) is 4.98. The first-order chi connectivity index (χ1) is 9.88. The zero-order valence-corrected chi connectivity index (χ0v) is 12.5. The van der Waals surface area contributed by atoms with Gasteiger partial charge in [-0.3, -0.25) is 9.59 Å². The van der Waals surface area contributed by atoms with E-state index in [0.29, 0.717) is 44.6 Å². The van der Waals surface area contributed by atoms with Crippen molar-refractivity contribution in [2.75, 3.05) is 19.6 Å². The number of aliphatic hydroxyl groups is 1. The quantitative estimate of drug-likeness (QED) is 0.689. The molecular weight excluding hydrogens is 272 g/mol. The van der Waals surface area contributed by atoms with Crippen LogP contribution < -0.4 is 5.73 Å². The Labute approximate surface area is 125 Å². The smallest absolute Gasteiger partial charge is 0.306 e. The molecule has 21 heavy (non-hydrogen) atoms. The number of β-amino-alcohol motifs (C(OH)–C–C–N with tert-alkyl or cyclic N) is 1. The third-order valence-electron chi connectivity index (χ3n) is 4.98. The average molecular weight is 298 g/mol. The molecule has 0 aromatic heterocycles. The van der Waals surface area contributed by atoms with Gasteiger partial charge in [0.2, 0.25) is 5.91 Å². The Morgan fingerprint density at radius 3 is 2.19 bits per heavy atom. The zero-order chi connectivity index (χ0) is 15.5. The van der Waals surface area contributed by atoms with E-state index < -0.39 is 11.6 Å². The predicted molar refractivity (Wildman–Crippen MR) is 77.5 cm³/mol. The first-order valence-electron chi connectivity index (χ1n) is 7.84. The van der Waals surface area contributed by atoms with Gasteiger partial charge in [0.15, 0.2) is 0 Å². The molecule has 0 unspecified atom stereocenters. The lowest BCUT2D eigenvalue weighted by molar-refractivity contribution is -0.145. The topological polar surface area (TPSA) is 104 Å². The van der Waals surface area contributed by atoms with Crippen molar-refractivity contribution in [2.24, 2.45) is 17.6 Å². The van der Waals surface area contributed by atoms with E-state index >= 15 is 0 Å². The second-order valence-electron chi connectivity index (χ2n) is 6.73. The fraction of sp³-hybridized carbons (Fsp3) is 0.867. The molecule has 0 aromatic rings. The summed E-state index contributed by atoms with van der Waals surface area (Å²) in [6.07, 6.45) is 4.58. The first kappa shape index (κ1) is 16.2. The van der Waals surface area contributed by atoms with Crippen molar-refractivity contribution in [2.45, 2.75) is 50.5 Å². The van der Waals surface area contributed by atoms with Crippen molar-refractivity contribution in [3.8, 4) is 0 Å². The normalized spacial score (nSPS) is 32.0.